The van der Waals surface area contributed by atoms with Crippen LogP contribution >= 0.6 is 0 Å². The lowest BCUT2D eigenvalue weighted by atomic mass is 10.0. The molecule has 1 saturated heterocycles. The smallest absolute Gasteiger partial charge is 0.227 e. The van der Waals surface area contributed by atoms with Crippen LogP contribution in [0.2, 0.25) is 0 Å². The highest BCUT2D eigenvalue weighted by Crippen LogP contribution is 2.26. The van der Waals surface area contributed by atoms with Crippen LogP contribution in [-0.4, -0.2) is 29.6 Å². The summed E-state index contributed by atoms with van der Waals surface area (Å²) in [6.07, 6.45) is 3.63. The summed E-state index contributed by atoms with van der Waals surface area (Å²) >= 11 is 0. The van der Waals surface area contributed by atoms with E-state index in [0.29, 0.717) is 0 Å². The van der Waals surface area contributed by atoms with Crippen LogP contribution < -0.4 is 15.1 Å². The van der Waals surface area contributed by atoms with E-state index in [1.165, 1.54) is 42.7 Å². The monoisotopic (exact) mass is 385 g/mol. The number of anilines is 4. The Kier molecular flexibility index (Phi) is 4.80. The molecule has 0 unspecified atom stereocenters. The highest BCUT2D eigenvalue weighted by molar-refractivity contribution is 5.62. The van der Waals surface area contributed by atoms with Gasteiger partial charge in [-0.3, -0.25) is 0 Å². The van der Waals surface area contributed by atoms with Crippen LogP contribution in [-0.2, 0) is 13.0 Å². The zero-order chi connectivity index (χ0) is 19.6. The Morgan fingerprint density at radius 3 is 2.38 bits per heavy atom. The third kappa shape index (κ3) is 3.90. The quantitative estimate of drug-likeness (QED) is 0.706. The maximum atomic E-state index is 4.82. The summed E-state index contributed by atoms with van der Waals surface area (Å²) in [4.78, 5) is 14.2. The molecule has 5 rings (SSSR count). The van der Waals surface area contributed by atoms with Crippen LogP contribution in [0, 0.1) is 6.92 Å². The van der Waals surface area contributed by atoms with Crippen molar-refractivity contribution in [2.45, 2.75) is 32.7 Å². The van der Waals surface area contributed by atoms with Gasteiger partial charge in [-0.05, 0) is 61.6 Å². The van der Waals surface area contributed by atoms with Crippen molar-refractivity contribution in [3.05, 3.63) is 71.4 Å². The van der Waals surface area contributed by atoms with E-state index in [2.05, 4.69) is 63.6 Å². The van der Waals surface area contributed by atoms with Crippen LogP contribution in [0.15, 0.2) is 54.6 Å². The summed E-state index contributed by atoms with van der Waals surface area (Å²) < 4.78 is 0. The van der Waals surface area contributed by atoms with Gasteiger partial charge in [0.05, 0.1) is 0 Å². The van der Waals surface area contributed by atoms with Crippen molar-refractivity contribution in [1.29, 1.82) is 0 Å². The summed E-state index contributed by atoms with van der Waals surface area (Å²) in [5, 5.41) is 3.46. The van der Waals surface area contributed by atoms with E-state index < -0.39 is 0 Å². The lowest BCUT2D eigenvalue weighted by Crippen LogP contribution is -2.32. The average Bonchev–Trinajstić information content (AvgIpc) is 3.28. The van der Waals surface area contributed by atoms with E-state index in [9.17, 15) is 0 Å². The lowest BCUT2D eigenvalue weighted by molar-refractivity contribution is 0.706. The number of fused-ring (bicyclic) bond motifs is 1. The summed E-state index contributed by atoms with van der Waals surface area (Å²) in [5.74, 6) is 1.65. The minimum Gasteiger partial charge on any atom is -0.372 e. The highest BCUT2D eigenvalue weighted by atomic mass is 15.3. The van der Waals surface area contributed by atoms with Gasteiger partial charge in [-0.1, -0.05) is 24.3 Å². The maximum Gasteiger partial charge on any atom is 0.227 e. The van der Waals surface area contributed by atoms with Crippen LogP contribution in [0.5, 0.6) is 0 Å². The first-order valence-corrected chi connectivity index (χ1v) is 10.5. The van der Waals surface area contributed by atoms with Gasteiger partial charge >= 0.3 is 0 Å². The second-order valence-electron chi connectivity index (χ2n) is 8.00. The molecule has 0 aliphatic carbocycles. The Bertz CT molecular complexity index is 992. The number of nitrogens with zero attached hydrogens (tertiary/aromatic N) is 4. The molecule has 29 heavy (non-hydrogen) atoms. The molecule has 148 valence electrons. The Morgan fingerprint density at radius 1 is 0.828 bits per heavy atom. The number of aromatic nitrogens is 2. The molecule has 1 aromatic heterocycles. The van der Waals surface area contributed by atoms with Crippen LogP contribution in [0.25, 0.3) is 0 Å². The number of nitrogens with one attached hydrogen (secondary N) is 1. The van der Waals surface area contributed by atoms with E-state index in [1.54, 1.807) is 0 Å². The summed E-state index contributed by atoms with van der Waals surface area (Å²) in [7, 11) is 0. The number of hydrogen-bond donors (Lipinski definition) is 1. The first-order valence-electron chi connectivity index (χ1n) is 10.5. The predicted molar refractivity (Wildman–Crippen MR) is 119 cm³/mol. The fraction of sp³-hybridized carbons (Fsp3) is 0.333. The summed E-state index contributed by atoms with van der Waals surface area (Å²) in [5.41, 5.74) is 6.15. The van der Waals surface area contributed by atoms with E-state index in [1.807, 2.05) is 13.0 Å². The van der Waals surface area contributed by atoms with Gasteiger partial charge in [-0.2, -0.15) is 4.98 Å². The molecule has 3 aromatic rings. The van der Waals surface area contributed by atoms with Crippen LogP contribution in [0.1, 0.15) is 29.7 Å². The standard InChI is InChI=1S/C24H27N5/c1-18-16-23(26-21-8-10-22(11-9-21)28-13-4-5-14-28)27-24(25-18)29-15-12-19-6-2-3-7-20(19)17-29/h2-3,6-11,16H,4-5,12-15,17H2,1H3,(H,25,26,27). The molecule has 1 fully saturated rings. The molecule has 2 aromatic carbocycles. The van der Waals surface area contributed by atoms with Gasteiger partial charge in [0.2, 0.25) is 5.95 Å². The van der Waals surface area contributed by atoms with Crippen molar-refractivity contribution in [1.82, 2.24) is 9.97 Å². The topological polar surface area (TPSA) is 44.3 Å². The molecule has 5 heteroatoms. The summed E-state index contributed by atoms with van der Waals surface area (Å²) in [6, 6.07) is 19.3. The molecule has 5 nitrogen and oxygen atoms in total. The number of benzene rings is 2. The third-order valence-corrected chi connectivity index (χ3v) is 5.87. The van der Waals surface area contributed by atoms with Crippen molar-refractivity contribution in [3.63, 3.8) is 0 Å². The molecule has 0 spiro atoms. The SMILES string of the molecule is Cc1cc(Nc2ccc(N3CCCC3)cc2)nc(N2CCc3ccccc3C2)n1. The molecule has 0 atom stereocenters. The minimum absolute atomic E-state index is 0.802. The fourth-order valence-corrected chi connectivity index (χ4v) is 4.30. The highest BCUT2D eigenvalue weighted by Gasteiger charge is 2.19. The van der Waals surface area contributed by atoms with Crippen molar-refractivity contribution in [2.75, 3.05) is 34.8 Å². The van der Waals surface area contributed by atoms with Gasteiger partial charge in [0.25, 0.3) is 0 Å². The largest absolute Gasteiger partial charge is 0.372 e. The van der Waals surface area contributed by atoms with Crippen molar-refractivity contribution in [2.24, 2.45) is 0 Å². The van der Waals surface area contributed by atoms with Gasteiger partial charge < -0.3 is 15.1 Å². The first-order chi connectivity index (χ1) is 14.2. The van der Waals surface area contributed by atoms with E-state index in [-0.39, 0.29) is 0 Å². The Hall–Kier alpha value is -3.08. The van der Waals surface area contributed by atoms with E-state index in [4.69, 9.17) is 9.97 Å². The molecule has 0 saturated carbocycles. The van der Waals surface area contributed by atoms with Gasteiger partial charge in [-0.15, -0.1) is 0 Å². The van der Waals surface area contributed by atoms with Crippen LogP contribution in [0.4, 0.5) is 23.1 Å². The van der Waals surface area contributed by atoms with E-state index >= 15 is 0 Å². The van der Waals surface area contributed by atoms with E-state index in [0.717, 1.165) is 42.7 Å². The van der Waals surface area contributed by atoms with Crippen molar-refractivity contribution < 1.29 is 0 Å². The Labute approximate surface area is 172 Å². The molecule has 1 N–H and O–H groups in total. The maximum absolute atomic E-state index is 4.82. The molecular weight excluding hydrogens is 358 g/mol. The zero-order valence-corrected chi connectivity index (χ0v) is 16.9. The fourth-order valence-electron chi connectivity index (χ4n) is 4.30. The zero-order valence-electron chi connectivity index (χ0n) is 16.9. The predicted octanol–water partition coefficient (Wildman–Crippen LogP) is 4.69. The molecule has 0 amide bonds. The molecular formula is C24H27N5. The summed E-state index contributed by atoms with van der Waals surface area (Å²) in [6.45, 7) is 6.18. The van der Waals surface area contributed by atoms with Gasteiger partial charge in [0, 0.05) is 49.3 Å². The lowest BCUT2D eigenvalue weighted by Gasteiger charge is -2.29. The first kappa shape index (κ1) is 18.0. The molecule has 2 aliphatic rings. The number of rotatable bonds is 4. The average molecular weight is 386 g/mol. The van der Waals surface area contributed by atoms with Crippen LogP contribution in [0.3, 0.4) is 0 Å². The second kappa shape index (κ2) is 7.74. The van der Waals surface area contributed by atoms with Crippen molar-refractivity contribution in [3.8, 4) is 0 Å². The minimum atomic E-state index is 0.802. The Balaban J connectivity index is 1.33. The number of aryl methyl sites for hydroxylation is 1. The number of hydrogen-bond acceptors (Lipinski definition) is 5. The van der Waals surface area contributed by atoms with Crippen molar-refractivity contribution >= 4 is 23.1 Å². The van der Waals surface area contributed by atoms with Gasteiger partial charge in [0.15, 0.2) is 0 Å². The molecule has 0 bridgehead atoms. The Morgan fingerprint density at radius 2 is 1.59 bits per heavy atom. The normalized spacial score (nSPS) is 16.0. The molecule has 2 aliphatic heterocycles. The molecule has 3 heterocycles. The van der Waals surface area contributed by atoms with Gasteiger partial charge in [-0.25, -0.2) is 4.98 Å². The van der Waals surface area contributed by atoms with Gasteiger partial charge in [0.1, 0.15) is 5.82 Å². The third-order valence-electron chi connectivity index (χ3n) is 5.87. The molecule has 0 radical (unpaired) electrons. The second-order valence-corrected chi connectivity index (χ2v) is 8.00.